The van der Waals surface area contributed by atoms with E-state index in [2.05, 4.69) is 4.90 Å². The molecule has 0 spiro atoms. The molecule has 1 saturated carbocycles. The first-order chi connectivity index (χ1) is 10.2. The van der Waals surface area contributed by atoms with Crippen LogP contribution in [0.25, 0.3) is 0 Å². The zero-order valence-corrected chi connectivity index (χ0v) is 12.0. The molecule has 0 bridgehead atoms. The topological polar surface area (TPSA) is 59.0 Å². The average Bonchev–Trinajstić information content (AvgIpc) is 2.97. The number of nitrogens with zero attached hydrogens (tertiary/aromatic N) is 1. The summed E-state index contributed by atoms with van der Waals surface area (Å²) >= 11 is 0. The predicted octanol–water partition coefficient (Wildman–Crippen LogP) is 2.02. The van der Waals surface area contributed by atoms with E-state index in [1.807, 2.05) is 0 Å². The number of morpholine rings is 1. The monoisotopic (exact) mass is 291 g/mol. The van der Waals surface area contributed by atoms with Crippen molar-refractivity contribution in [2.45, 2.75) is 31.4 Å². The number of aromatic carboxylic acids is 1. The summed E-state index contributed by atoms with van der Waals surface area (Å²) in [6, 6.07) is 7.18. The van der Waals surface area contributed by atoms with Gasteiger partial charge in [-0.2, -0.15) is 0 Å². The summed E-state index contributed by atoms with van der Waals surface area (Å²) in [5.74, 6) is -0.312. The summed E-state index contributed by atoms with van der Waals surface area (Å²) in [6.07, 6.45) is 4.02. The lowest BCUT2D eigenvalue weighted by Crippen LogP contribution is -2.49. The van der Waals surface area contributed by atoms with Gasteiger partial charge in [-0.05, 0) is 37.5 Å². The van der Waals surface area contributed by atoms with Crippen molar-refractivity contribution in [3.63, 3.8) is 0 Å². The van der Waals surface area contributed by atoms with Crippen LogP contribution in [0.1, 0.15) is 29.6 Å². The zero-order chi connectivity index (χ0) is 14.7. The van der Waals surface area contributed by atoms with Crippen LogP contribution < -0.4 is 4.74 Å². The largest absolute Gasteiger partial charge is 0.492 e. The summed E-state index contributed by atoms with van der Waals surface area (Å²) in [7, 11) is 0. The molecule has 1 N–H and O–H groups in total. The Bertz CT molecular complexity index is 505. The Hall–Kier alpha value is -1.59. The zero-order valence-electron chi connectivity index (χ0n) is 12.0. The summed E-state index contributed by atoms with van der Waals surface area (Å²) in [4.78, 5) is 13.4. The van der Waals surface area contributed by atoms with Gasteiger partial charge in [-0.25, -0.2) is 4.79 Å². The van der Waals surface area contributed by atoms with E-state index in [9.17, 15) is 4.79 Å². The molecule has 2 atom stereocenters. The Labute approximate surface area is 124 Å². The van der Waals surface area contributed by atoms with Gasteiger partial charge >= 0.3 is 5.97 Å². The second kappa shape index (κ2) is 6.45. The molecular weight excluding hydrogens is 270 g/mol. The Kier molecular flexibility index (Phi) is 4.41. The molecular formula is C16H21NO4. The van der Waals surface area contributed by atoms with Crippen LogP contribution in [0, 0.1) is 0 Å². The summed E-state index contributed by atoms with van der Waals surface area (Å²) in [6.45, 7) is 3.20. The second-order valence-corrected chi connectivity index (χ2v) is 5.62. The summed E-state index contributed by atoms with van der Waals surface area (Å²) in [5, 5.41) is 8.96. The summed E-state index contributed by atoms with van der Waals surface area (Å²) < 4.78 is 11.5. The Morgan fingerprint density at radius 2 is 2.33 bits per heavy atom. The van der Waals surface area contributed by atoms with Crippen LogP contribution in [0.15, 0.2) is 24.3 Å². The molecule has 1 heterocycles. The molecule has 5 heteroatoms. The molecule has 21 heavy (non-hydrogen) atoms. The van der Waals surface area contributed by atoms with E-state index in [1.54, 1.807) is 24.3 Å². The molecule has 3 rings (SSSR count). The second-order valence-electron chi connectivity index (χ2n) is 5.62. The predicted molar refractivity (Wildman–Crippen MR) is 77.8 cm³/mol. The normalized spacial score (nSPS) is 25.5. The van der Waals surface area contributed by atoms with Gasteiger partial charge in [0, 0.05) is 19.1 Å². The van der Waals surface area contributed by atoms with Crippen LogP contribution in [-0.2, 0) is 4.74 Å². The first-order valence-corrected chi connectivity index (χ1v) is 7.56. The molecule has 1 saturated heterocycles. The van der Waals surface area contributed by atoms with E-state index in [4.69, 9.17) is 14.6 Å². The molecule has 1 aromatic rings. The van der Waals surface area contributed by atoms with Gasteiger partial charge in [-0.1, -0.05) is 6.07 Å². The minimum atomic E-state index is -0.928. The van der Waals surface area contributed by atoms with Crippen molar-refractivity contribution in [3.8, 4) is 5.75 Å². The fraction of sp³-hybridized carbons (Fsp3) is 0.562. The first-order valence-electron chi connectivity index (χ1n) is 7.56. The van der Waals surface area contributed by atoms with E-state index in [0.29, 0.717) is 24.5 Å². The molecule has 114 valence electrons. The SMILES string of the molecule is O=C(O)c1cccc(OCCN2CCO[C@@H]3CCC[C@@H]32)c1. The van der Waals surface area contributed by atoms with Gasteiger partial charge in [0.25, 0.3) is 0 Å². The minimum absolute atomic E-state index is 0.259. The van der Waals surface area contributed by atoms with Gasteiger partial charge in [-0.15, -0.1) is 0 Å². The van der Waals surface area contributed by atoms with Crippen LogP contribution in [0.5, 0.6) is 5.75 Å². The van der Waals surface area contributed by atoms with Crippen molar-refractivity contribution in [1.29, 1.82) is 0 Å². The molecule has 2 fully saturated rings. The number of carbonyl (C=O) groups is 1. The maximum Gasteiger partial charge on any atom is 0.335 e. The van der Waals surface area contributed by atoms with Crippen LogP contribution in [0.2, 0.25) is 0 Å². The highest BCUT2D eigenvalue weighted by Crippen LogP contribution is 2.29. The van der Waals surface area contributed by atoms with Crippen molar-refractivity contribution >= 4 is 5.97 Å². The minimum Gasteiger partial charge on any atom is -0.492 e. The first kappa shape index (κ1) is 14.4. The van der Waals surface area contributed by atoms with Crippen molar-refractivity contribution in [1.82, 2.24) is 4.90 Å². The maximum absolute atomic E-state index is 10.9. The van der Waals surface area contributed by atoms with E-state index < -0.39 is 5.97 Å². The molecule has 1 aliphatic carbocycles. The quantitative estimate of drug-likeness (QED) is 0.899. The van der Waals surface area contributed by atoms with Gasteiger partial charge < -0.3 is 14.6 Å². The number of ether oxygens (including phenoxy) is 2. The Balaban J connectivity index is 1.51. The molecule has 5 nitrogen and oxygen atoms in total. The number of hydrogen-bond donors (Lipinski definition) is 1. The lowest BCUT2D eigenvalue weighted by Gasteiger charge is -2.37. The maximum atomic E-state index is 10.9. The fourth-order valence-electron chi connectivity index (χ4n) is 3.28. The van der Waals surface area contributed by atoms with Crippen LogP contribution in [-0.4, -0.2) is 54.4 Å². The van der Waals surface area contributed by atoms with Gasteiger partial charge in [0.15, 0.2) is 0 Å². The Morgan fingerprint density at radius 1 is 1.43 bits per heavy atom. The molecule has 2 aliphatic rings. The molecule has 0 radical (unpaired) electrons. The molecule has 1 aliphatic heterocycles. The van der Waals surface area contributed by atoms with Gasteiger partial charge in [-0.3, -0.25) is 4.90 Å². The number of carboxylic acids is 1. The van der Waals surface area contributed by atoms with Crippen LogP contribution in [0.4, 0.5) is 0 Å². The molecule has 1 aromatic carbocycles. The van der Waals surface area contributed by atoms with E-state index in [1.165, 1.54) is 19.3 Å². The number of carboxylic acid groups (broad SMARTS) is 1. The number of fused-ring (bicyclic) bond motifs is 1. The highest BCUT2D eigenvalue weighted by atomic mass is 16.5. The fourth-order valence-corrected chi connectivity index (χ4v) is 3.28. The third-order valence-electron chi connectivity index (χ3n) is 4.33. The van der Waals surface area contributed by atoms with Crippen LogP contribution >= 0.6 is 0 Å². The highest BCUT2D eigenvalue weighted by Gasteiger charge is 2.35. The van der Waals surface area contributed by atoms with E-state index in [0.717, 1.165) is 19.7 Å². The standard InChI is InChI=1S/C16H21NO4/c18-16(19)12-3-1-4-13(11-12)20-9-7-17-8-10-21-15-6-2-5-14(15)17/h1,3-4,11,14-15H,2,5-10H2,(H,18,19)/t14-,15+/m0/s1. The smallest absolute Gasteiger partial charge is 0.335 e. The van der Waals surface area contributed by atoms with Crippen molar-refractivity contribution < 1.29 is 19.4 Å². The lowest BCUT2D eigenvalue weighted by molar-refractivity contribution is -0.0583. The highest BCUT2D eigenvalue weighted by molar-refractivity contribution is 5.87. The van der Waals surface area contributed by atoms with Crippen molar-refractivity contribution in [2.24, 2.45) is 0 Å². The number of rotatable bonds is 5. The number of benzene rings is 1. The average molecular weight is 291 g/mol. The van der Waals surface area contributed by atoms with Gasteiger partial charge in [0.2, 0.25) is 0 Å². The molecule has 0 amide bonds. The van der Waals surface area contributed by atoms with Gasteiger partial charge in [0.1, 0.15) is 12.4 Å². The number of hydrogen-bond acceptors (Lipinski definition) is 4. The van der Waals surface area contributed by atoms with Crippen molar-refractivity contribution in [2.75, 3.05) is 26.3 Å². The third kappa shape index (κ3) is 3.36. The van der Waals surface area contributed by atoms with E-state index >= 15 is 0 Å². The van der Waals surface area contributed by atoms with Crippen molar-refractivity contribution in [3.05, 3.63) is 29.8 Å². The Morgan fingerprint density at radius 3 is 3.19 bits per heavy atom. The van der Waals surface area contributed by atoms with Gasteiger partial charge in [0.05, 0.1) is 18.3 Å². The van der Waals surface area contributed by atoms with E-state index in [-0.39, 0.29) is 5.56 Å². The summed E-state index contributed by atoms with van der Waals surface area (Å²) in [5.41, 5.74) is 0.259. The van der Waals surface area contributed by atoms with Crippen LogP contribution in [0.3, 0.4) is 0 Å². The molecule has 0 unspecified atom stereocenters. The third-order valence-corrected chi connectivity index (χ3v) is 4.33. The lowest BCUT2D eigenvalue weighted by atomic mass is 10.1. The molecule has 0 aromatic heterocycles.